The lowest BCUT2D eigenvalue weighted by atomic mass is 9.95. The fourth-order valence-corrected chi connectivity index (χ4v) is 6.88. The molecule has 9 nitrogen and oxygen atoms in total. The molecule has 1 N–H and O–H groups in total. The van der Waals surface area contributed by atoms with Crippen molar-refractivity contribution in [1.82, 2.24) is 19.4 Å². The summed E-state index contributed by atoms with van der Waals surface area (Å²) in [6.45, 7) is 7.50. The Bertz CT molecular complexity index is 1140. The zero-order valence-electron chi connectivity index (χ0n) is 20.8. The number of piperidine rings is 1. The minimum atomic E-state index is -3.71. The number of likely N-dealkylation sites (N-methyl/N-ethyl adjacent to an activating group) is 1. The molecule has 0 aliphatic carbocycles. The van der Waals surface area contributed by atoms with Gasteiger partial charge in [0.15, 0.2) is 0 Å². The third-order valence-electron chi connectivity index (χ3n) is 7.05. The summed E-state index contributed by atoms with van der Waals surface area (Å²) < 4.78 is 34.4. The minimum Gasteiger partial charge on any atom is -0.494 e. The highest BCUT2D eigenvalue weighted by atomic mass is 32.2. The Morgan fingerprint density at radius 2 is 1.97 bits per heavy atom. The summed E-state index contributed by atoms with van der Waals surface area (Å²) in [5.74, 6) is 0.683. The smallest absolute Gasteiger partial charge is 0.268 e. The maximum absolute atomic E-state index is 13.5. The zero-order valence-corrected chi connectivity index (χ0v) is 21.6. The zero-order chi connectivity index (χ0) is 25.2. The molecule has 3 heterocycles. The lowest BCUT2D eigenvalue weighted by Crippen LogP contribution is -2.43. The predicted octanol–water partition coefficient (Wildman–Crippen LogP) is 2.44. The van der Waals surface area contributed by atoms with Crippen molar-refractivity contribution in [3.8, 4) is 11.8 Å². The van der Waals surface area contributed by atoms with E-state index in [0.29, 0.717) is 69.2 Å². The van der Waals surface area contributed by atoms with Crippen molar-refractivity contribution in [3.05, 3.63) is 35.0 Å². The molecule has 1 fully saturated rings. The minimum absolute atomic E-state index is 0.140. The summed E-state index contributed by atoms with van der Waals surface area (Å²) in [6.07, 6.45) is 2.84. The summed E-state index contributed by atoms with van der Waals surface area (Å²) >= 11 is 0. The van der Waals surface area contributed by atoms with E-state index in [1.165, 1.54) is 4.31 Å². The van der Waals surface area contributed by atoms with E-state index in [0.717, 1.165) is 18.5 Å². The van der Waals surface area contributed by atoms with E-state index in [2.05, 4.69) is 23.2 Å². The number of carbonyl (C=O) groups excluding carboxylic acids is 1. The molecule has 35 heavy (non-hydrogen) atoms. The standard InChI is InChI=1S/C25H35N5O4S/c1-4-12-29-16-21-23(27-25(31)24(21)28(3)17-29)20-15-19(6-7-22(20)34-5-2)35(32,33)30-13-9-18(8-11-26)10-14-30/h6-7,15,18,23H,4-5,8-10,12-14,16-17H2,1-3H3,(H,27,31). The molecule has 0 aromatic heterocycles. The first kappa shape index (κ1) is 25.5. The van der Waals surface area contributed by atoms with E-state index in [-0.39, 0.29) is 16.7 Å². The maximum Gasteiger partial charge on any atom is 0.268 e. The van der Waals surface area contributed by atoms with Crippen molar-refractivity contribution in [1.29, 1.82) is 5.26 Å². The SMILES string of the molecule is CCCN1CC2=C(C(=O)NC2c2cc(S(=O)(=O)N3CCC(CC#N)CC3)ccc2OCC)N(C)C1. The molecular weight excluding hydrogens is 466 g/mol. The fraction of sp³-hybridized carbons (Fsp3) is 0.600. The number of carbonyl (C=O) groups is 1. The van der Waals surface area contributed by atoms with Gasteiger partial charge in [0, 0.05) is 38.7 Å². The van der Waals surface area contributed by atoms with E-state index >= 15 is 0 Å². The summed E-state index contributed by atoms with van der Waals surface area (Å²) in [5.41, 5.74) is 2.28. The number of nitrogens with zero attached hydrogens (tertiary/aromatic N) is 4. The van der Waals surface area contributed by atoms with Crippen LogP contribution in [0.4, 0.5) is 0 Å². The van der Waals surface area contributed by atoms with Gasteiger partial charge in [-0.05, 0) is 62.4 Å². The van der Waals surface area contributed by atoms with Gasteiger partial charge in [0.2, 0.25) is 10.0 Å². The van der Waals surface area contributed by atoms with Crippen LogP contribution in [-0.2, 0) is 14.8 Å². The van der Waals surface area contributed by atoms with Gasteiger partial charge in [0.05, 0.1) is 30.3 Å². The number of sulfonamides is 1. The van der Waals surface area contributed by atoms with Crippen molar-refractivity contribution in [2.75, 3.05) is 46.5 Å². The molecule has 1 atom stereocenters. The molecule has 1 aromatic carbocycles. The fourth-order valence-electron chi connectivity index (χ4n) is 5.38. The third kappa shape index (κ3) is 5.03. The summed E-state index contributed by atoms with van der Waals surface area (Å²) in [5, 5.41) is 12.0. The van der Waals surface area contributed by atoms with E-state index < -0.39 is 16.1 Å². The predicted molar refractivity (Wildman–Crippen MR) is 132 cm³/mol. The molecule has 3 aliphatic rings. The number of rotatable bonds is 8. The normalized spacial score (nSPS) is 22.2. The summed E-state index contributed by atoms with van der Waals surface area (Å²) in [6, 6.07) is 6.71. The van der Waals surface area contributed by atoms with Gasteiger partial charge >= 0.3 is 0 Å². The average Bonchev–Trinajstić information content (AvgIpc) is 3.16. The Kier molecular flexibility index (Phi) is 7.69. The lowest BCUT2D eigenvalue weighted by molar-refractivity contribution is -0.118. The van der Waals surface area contributed by atoms with Crippen LogP contribution in [0, 0.1) is 17.2 Å². The molecular formula is C25H35N5O4S. The molecule has 0 bridgehead atoms. The first-order valence-corrected chi connectivity index (χ1v) is 13.8. The van der Waals surface area contributed by atoms with Gasteiger partial charge in [-0.15, -0.1) is 0 Å². The molecule has 0 spiro atoms. The molecule has 4 rings (SSSR count). The number of benzene rings is 1. The van der Waals surface area contributed by atoms with Crippen molar-refractivity contribution in [3.63, 3.8) is 0 Å². The molecule has 190 valence electrons. The van der Waals surface area contributed by atoms with Gasteiger partial charge in [0.1, 0.15) is 11.4 Å². The Hall–Kier alpha value is -2.61. The first-order valence-electron chi connectivity index (χ1n) is 12.4. The van der Waals surface area contributed by atoms with E-state index in [1.807, 2.05) is 18.9 Å². The molecule has 3 aliphatic heterocycles. The van der Waals surface area contributed by atoms with Crippen LogP contribution in [0.25, 0.3) is 0 Å². The lowest BCUT2D eigenvalue weighted by Gasteiger charge is -2.35. The van der Waals surface area contributed by atoms with Crippen molar-refractivity contribution < 1.29 is 17.9 Å². The monoisotopic (exact) mass is 501 g/mol. The van der Waals surface area contributed by atoms with Crippen LogP contribution in [0.15, 0.2) is 34.4 Å². The van der Waals surface area contributed by atoms with E-state index in [9.17, 15) is 13.2 Å². The molecule has 1 amide bonds. The van der Waals surface area contributed by atoms with Gasteiger partial charge in [-0.3, -0.25) is 9.69 Å². The summed E-state index contributed by atoms with van der Waals surface area (Å²) in [7, 11) is -1.80. The number of amides is 1. The number of hydrogen-bond acceptors (Lipinski definition) is 7. The number of ether oxygens (including phenoxy) is 1. The highest BCUT2D eigenvalue weighted by Crippen LogP contribution is 2.40. The Morgan fingerprint density at radius 1 is 1.23 bits per heavy atom. The van der Waals surface area contributed by atoms with Crippen LogP contribution in [-0.4, -0.2) is 74.9 Å². The molecule has 0 saturated carbocycles. The van der Waals surface area contributed by atoms with E-state index in [1.54, 1.807) is 18.2 Å². The molecule has 1 saturated heterocycles. The first-order chi connectivity index (χ1) is 16.8. The molecule has 1 aromatic rings. The third-order valence-corrected chi connectivity index (χ3v) is 8.95. The number of nitriles is 1. The van der Waals surface area contributed by atoms with Gasteiger partial charge < -0.3 is 15.0 Å². The molecule has 10 heteroatoms. The van der Waals surface area contributed by atoms with E-state index in [4.69, 9.17) is 10.00 Å². The second-order valence-corrected chi connectivity index (χ2v) is 11.5. The van der Waals surface area contributed by atoms with Gasteiger partial charge in [-0.25, -0.2) is 8.42 Å². The second-order valence-electron chi connectivity index (χ2n) is 9.51. The van der Waals surface area contributed by atoms with Crippen molar-refractivity contribution in [2.24, 2.45) is 5.92 Å². The van der Waals surface area contributed by atoms with Gasteiger partial charge in [-0.1, -0.05) is 6.92 Å². The van der Waals surface area contributed by atoms with Crippen LogP contribution in [0.3, 0.4) is 0 Å². The number of hydrogen-bond donors (Lipinski definition) is 1. The Labute approximate surface area is 208 Å². The summed E-state index contributed by atoms with van der Waals surface area (Å²) in [4.78, 5) is 17.4. The van der Waals surface area contributed by atoms with Crippen LogP contribution in [0.2, 0.25) is 0 Å². The Morgan fingerprint density at radius 3 is 2.63 bits per heavy atom. The molecule has 1 unspecified atom stereocenters. The van der Waals surface area contributed by atoms with Crippen LogP contribution in [0.1, 0.15) is 51.1 Å². The van der Waals surface area contributed by atoms with Crippen LogP contribution >= 0.6 is 0 Å². The number of nitrogens with one attached hydrogen (secondary N) is 1. The highest BCUT2D eigenvalue weighted by molar-refractivity contribution is 7.89. The average molecular weight is 502 g/mol. The topological polar surface area (TPSA) is 106 Å². The van der Waals surface area contributed by atoms with Gasteiger partial charge in [0.25, 0.3) is 5.91 Å². The highest BCUT2D eigenvalue weighted by Gasteiger charge is 2.40. The van der Waals surface area contributed by atoms with Crippen LogP contribution in [0.5, 0.6) is 5.75 Å². The quantitative estimate of drug-likeness (QED) is 0.583. The van der Waals surface area contributed by atoms with Crippen LogP contribution < -0.4 is 10.1 Å². The van der Waals surface area contributed by atoms with Crippen molar-refractivity contribution >= 4 is 15.9 Å². The molecule has 0 radical (unpaired) electrons. The maximum atomic E-state index is 13.5. The van der Waals surface area contributed by atoms with Crippen molar-refractivity contribution in [2.45, 2.75) is 50.5 Å². The second kappa shape index (κ2) is 10.6. The van der Waals surface area contributed by atoms with Gasteiger partial charge in [-0.2, -0.15) is 9.57 Å². The largest absolute Gasteiger partial charge is 0.494 e. The Balaban J connectivity index is 1.68.